The lowest BCUT2D eigenvalue weighted by atomic mass is 9.96. The molecule has 0 spiro atoms. The van der Waals surface area contributed by atoms with Crippen molar-refractivity contribution in [1.82, 2.24) is 9.88 Å². The van der Waals surface area contributed by atoms with Crippen LogP contribution in [0.3, 0.4) is 0 Å². The van der Waals surface area contributed by atoms with Crippen molar-refractivity contribution in [3.05, 3.63) is 58.7 Å². The van der Waals surface area contributed by atoms with Gasteiger partial charge in [-0.25, -0.2) is 4.98 Å². The van der Waals surface area contributed by atoms with E-state index in [1.165, 1.54) is 5.56 Å². The Morgan fingerprint density at radius 2 is 2.09 bits per heavy atom. The van der Waals surface area contributed by atoms with Crippen LogP contribution in [0.5, 0.6) is 0 Å². The molecule has 0 radical (unpaired) electrons. The van der Waals surface area contributed by atoms with Gasteiger partial charge in [-0.2, -0.15) is 0 Å². The van der Waals surface area contributed by atoms with Gasteiger partial charge in [0, 0.05) is 23.8 Å². The monoisotopic (exact) mass is 373 g/mol. The molecule has 1 N–H and O–H groups in total. The number of likely N-dealkylation sites (tertiary alicyclic amines) is 1. The molecule has 1 aliphatic rings. The summed E-state index contributed by atoms with van der Waals surface area (Å²) in [7, 11) is 0. The molecule has 2 aromatic rings. The molecule has 2 heterocycles. The number of nitrogens with one attached hydrogen (secondary N) is 1. The van der Waals surface area contributed by atoms with Gasteiger partial charge in [0.1, 0.15) is 5.82 Å². The topological polar surface area (TPSA) is 45.2 Å². The molecule has 4 nitrogen and oxygen atoms in total. The third-order valence-electron chi connectivity index (χ3n) is 4.10. The molecule has 1 aliphatic heterocycles. The second-order valence-corrected chi connectivity index (χ2v) is 6.83. The first kappa shape index (κ1) is 16.1. The van der Waals surface area contributed by atoms with Gasteiger partial charge in [-0.3, -0.25) is 9.69 Å². The van der Waals surface area contributed by atoms with E-state index in [1.807, 2.05) is 18.2 Å². The Hall–Kier alpha value is -1.72. The van der Waals surface area contributed by atoms with Crippen LogP contribution in [0.25, 0.3) is 0 Å². The van der Waals surface area contributed by atoms with Crippen molar-refractivity contribution in [1.29, 1.82) is 0 Å². The summed E-state index contributed by atoms with van der Waals surface area (Å²) in [5.74, 6) is 0.703. The number of nitrogens with zero attached hydrogens (tertiary/aromatic N) is 2. The SMILES string of the molecule is O=C(Nc1ccc(Br)cn1)C1CCCN(Cc2ccccc2)C1. The highest BCUT2D eigenvalue weighted by Crippen LogP contribution is 2.20. The molecule has 1 aromatic carbocycles. The van der Waals surface area contributed by atoms with Crippen LogP contribution in [0.15, 0.2) is 53.1 Å². The Labute approximate surface area is 145 Å². The second kappa shape index (κ2) is 7.70. The predicted molar refractivity (Wildman–Crippen MR) is 95.0 cm³/mol. The lowest BCUT2D eigenvalue weighted by molar-refractivity contribution is -0.121. The van der Waals surface area contributed by atoms with Gasteiger partial charge in [-0.1, -0.05) is 30.3 Å². The molecule has 3 rings (SSSR count). The first-order chi connectivity index (χ1) is 11.2. The molecule has 1 saturated heterocycles. The predicted octanol–water partition coefficient (Wildman–Crippen LogP) is 3.69. The first-order valence-corrected chi connectivity index (χ1v) is 8.69. The molecule has 1 fully saturated rings. The number of aromatic nitrogens is 1. The Balaban J connectivity index is 1.57. The maximum atomic E-state index is 12.5. The molecule has 23 heavy (non-hydrogen) atoms. The molecule has 5 heteroatoms. The average molecular weight is 374 g/mol. The van der Waals surface area contributed by atoms with Crippen molar-refractivity contribution >= 4 is 27.7 Å². The van der Waals surface area contributed by atoms with Crippen molar-refractivity contribution in [2.45, 2.75) is 19.4 Å². The Bertz CT molecular complexity index is 645. The Morgan fingerprint density at radius 1 is 1.26 bits per heavy atom. The summed E-state index contributed by atoms with van der Waals surface area (Å²) in [5, 5.41) is 2.93. The number of halogens is 1. The van der Waals surface area contributed by atoms with Crippen LogP contribution in [0, 0.1) is 5.92 Å². The lowest BCUT2D eigenvalue weighted by Crippen LogP contribution is -2.40. The fraction of sp³-hybridized carbons (Fsp3) is 0.333. The van der Waals surface area contributed by atoms with Gasteiger partial charge >= 0.3 is 0 Å². The summed E-state index contributed by atoms with van der Waals surface area (Å²) < 4.78 is 0.905. The molecule has 0 saturated carbocycles. The van der Waals surface area contributed by atoms with Crippen molar-refractivity contribution in [3.63, 3.8) is 0 Å². The molecule has 1 aromatic heterocycles. The Morgan fingerprint density at radius 3 is 2.83 bits per heavy atom. The van der Waals surface area contributed by atoms with E-state index in [1.54, 1.807) is 6.20 Å². The van der Waals surface area contributed by atoms with Crippen LogP contribution in [0.1, 0.15) is 18.4 Å². The fourth-order valence-electron chi connectivity index (χ4n) is 2.93. The summed E-state index contributed by atoms with van der Waals surface area (Å²) in [6, 6.07) is 14.1. The van der Waals surface area contributed by atoms with E-state index in [9.17, 15) is 4.79 Å². The van der Waals surface area contributed by atoms with E-state index in [0.717, 1.165) is 36.9 Å². The van der Waals surface area contributed by atoms with Crippen molar-refractivity contribution in [2.75, 3.05) is 18.4 Å². The molecular weight excluding hydrogens is 354 g/mol. The first-order valence-electron chi connectivity index (χ1n) is 7.89. The third kappa shape index (κ3) is 4.62. The molecular formula is C18H20BrN3O. The number of benzene rings is 1. The summed E-state index contributed by atoms with van der Waals surface area (Å²) in [6.07, 6.45) is 3.69. The van der Waals surface area contributed by atoms with Crippen molar-refractivity contribution in [2.24, 2.45) is 5.92 Å². The summed E-state index contributed by atoms with van der Waals surface area (Å²) >= 11 is 3.35. The number of amides is 1. The van der Waals surface area contributed by atoms with Crippen LogP contribution in [0.4, 0.5) is 5.82 Å². The maximum Gasteiger partial charge on any atom is 0.229 e. The van der Waals surface area contributed by atoms with Gasteiger partial charge in [-0.15, -0.1) is 0 Å². The van der Waals surface area contributed by atoms with E-state index >= 15 is 0 Å². The third-order valence-corrected chi connectivity index (χ3v) is 4.57. The van der Waals surface area contributed by atoms with Crippen LogP contribution < -0.4 is 5.32 Å². The van der Waals surface area contributed by atoms with Crippen LogP contribution in [-0.2, 0) is 11.3 Å². The van der Waals surface area contributed by atoms with Crippen LogP contribution in [-0.4, -0.2) is 28.9 Å². The number of pyridine rings is 1. The highest BCUT2D eigenvalue weighted by molar-refractivity contribution is 9.10. The van der Waals surface area contributed by atoms with Crippen LogP contribution >= 0.6 is 15.9 Å². The largest absolute Gasteiger partial charge is 0.310 e. The zero-order chi connectivity index (χ0) is 16.1. The second-order valence-electron chi connectivity index (χ2n) is 5.91. The van der Waals surface area contributed by atoms with E-state index < -0.39 is 0 Å². The summed E-state index contributed by atoms with van der Waals surface area (Å²) in [5.41, 5.74) is 1.29. The molecule has 120 valence electrons. The quantitative estimate of drug-likeness (QED) is 0.888. The van der Waals surface area contributed by atoms with E-state index in [-0.39, 0.29) is 11.8 Å². The van der Waals surface area contributed by atoms with E-state index in [2.05, 4.69) is 55.4 Å². The number of piperidine rings is 1. The number of hydrogen-bond acceptors (Lipinski definition) is 3. The lowest BCUT2D eigenvalue weighted by Gasteiger charge is -2.31. The van der Waals surface area contributed by atoms with Gasteiger partial charge in [0.05, 0.1) is 5.92 Å². The number of rotatable bonds is 4. The Kier molecular flexibility index (Phi) is 5.41. The standard InChI is InChI=1S/C18H20BrN3O/c19-16-8-9-17(20-11-16)21-18(23)15-7-4-10-22(13-15)12-14-5-2-1-3-6-14/h1-3,5-6,8-9,11,15H,4,7,10,12-13H2,(H,20,21,23). The highest BCUT2D eigenvalue weighted by atomic mass is 79.9. The van der Waals surface area contributed by atoms with Gasteiger partial charge in [0.2, 0.25) is 5.91 Å². The molecule has 0 bridgehead atoms. The number of anilines is 1. The van der Waals surface area contributed by atoms with Crippen molar-refractivity contribution < 1.29 is 4.79 Å². The van der Waals surface area contributed by atoms with Gasteiger partial charge in [0.25, 0.3) is 0 Å². The number of hydrogen-bond donors (Lipinski definition) is 1. The number of carbonyl (C=O) groups excluding carboxylic acids is 1. The van der Waals surface area contributed by atoms with E-state index in [4.69, 9.17) is 0 Å². The van der Waals surface area contributed by atoms with Gasteiger partial charge < -0.3 is 5.32 Å². The minimum absolute atomic E-state index is 0.0258. The minimum Gasteiger partial charge on any atom is -0.310 e. The molecule has 1 atom stereocenters. The summed E-state index contributed by atoms with van der Waals surface area (Å²) in [6.45, 7) is 2.76. The van der Waals surface area contributed by atoms with Gasteiger partial charge in [0.15, 0.2) is 0 Å². The maximum absolute atomic E-state index is 12.5. The molecule has 0 aliphatic carbocycles. The normalized spacial score (nSPS) is 18.6. The highest BCUT2D eigenvalue weighted by Gasteiger charge is 2.26. The van der Waals surface area contributed by atoms with E-state index in [0.29, 0.717) is 5.82 Å². The number of carbonyl (C=O) groups is 1. The smallest absolute Gasteiger partial charge is 0.229 e. The van der Waals surface area contributed by atoms with Gasteiger partial charge in [-0.05, 0) is 53.0 Å². The summed E-state index contributed by atoms with van der Waals surface area (Å²) in [4.78, 5) is 19.0. The molecule has 1 unspecified atom stereocenters. The fourth-order valence-corrected chi connectivity index (χ4v) is 3.17. The average Bonchev–Trinajstić information content (AvgIpc) is 2.58. The minimum atomic E-state index is 0.0258. The zero-order valence-electron chi connectivity index (χ0n) is 12.9. The van der Waals surface area contributed by atoms with Crippen LogP contribution in [0.2, 0.25) is 0 Å². The molecule has 1 amide bonds. The zero-order valence-corrected chi connectivity index (χ0v) is 14.5. The van der Waals surface area contributed by atoms with Crippen molar-refractivity contribution in [3.8, 4) is 0 Å².